The highest BCUT2D eigenvalue weighted by atomic mass is 32.2. The molecule has 0 saturated heterocycles. The topological polar surface area (TPSA) is 85.6 Å². The smallest absolute Gasteiger partial charge is 0.329 e. The standard InChI is InChI=1S/C11H8N2O3S2/c14-5-1-2-6-8(3-5)18-10(12-6)9-13-7(4-17-9)11(15)16/h1-3,7,14H,4H2,(H,15,16)/p-1. The van der Waals surface area contributed by atoms with E-state index in [4.69, 9.17) is 5.11 Å². The minimum Gasteiger partial charge on any atom is -0.872 e. The fourth-order valence-corrected chi connectivity index (χ4v) is 3.70. The van der Waals surface area contributed by atoms with Crippen LogP contribution in [0.3, 0.4) is 0 Å². The van der Waals surface area contributed by atoms with Gasteiger partial charge in [0.15, 0.2) is 6.04 Å². The monoisotopic (exact) mass is 279 g/mol. The van der Waals surface area contributed by atoms with Crippen molar-refractivity contribution in [2.75, 3.05) is 5.75 Å². The van der Waals surface area contributed by atoms with Crippen LogP contribution in [-0.4, -0.2) is 32.9 Å². The van der Waals surface area contributed by atoms with Crippen LogP contribution in [0.15, 0.2) is 23.2 Å². The molecule has 0 radical (unpaired) electrons. The predicted molar refractivity (Wildman–Crippen MR) is 69.5 cm³/mol. The molecule has 7 heteroatoms. The molecule has 2 heterocycles. The Bertz CT molecular complexity index is 665. The number of aromatic nitrogens is 1. The Balaban J connectivity index is 2.00. The molecular formula is C11H7N2O3S2-. The average Bonchev–Trinajstić information content (AvgIpc) is 2.93. The van der Waals surface area contributed by atoms with Crippen LogP contribution < -0.4 is 5.11 Å². The average molecular weight is 279 g/mol. The van der Waals surface area contributed by atoms with Gasteiger partial charge in [0, 0.05) is 5.75 Å². The summed E-state index contributed by atoms with van der Waals surface area (Å²) in [4.78, 5) is 19.3. The van der Waals surface area contributed by atoms with Crippen molar-refractivity contribution in [1.82, 2.24) is 4.98 Å². The van der Waals surface area contributed by atoms with E-state index in [-0.39, 0.29) is 5.75 Å². The molecule has 1 aromatic heterocycles. The second-order valence-electron chi connectivity index (χ2n) is 3.75. The van der Waals surface area contributed by atoms with Crippen LogP contribution in [0.5, 0.6) is 5.75 Å². The van der Waals surface area contributed by atoms with Gasteiger partial charge in [0.05, 0.1) is 10.2 Å². The Morgan fingerprint density at radius 3 is 3.06 bits per heavy atom. The first-order valence-corrected chi connectivity index (χ1v) is 6.95. The van der Waals surface area contributed by atoms with Gasteiger partial charge in [-0.1, -0.05) is 12.1 Å². The van der Waals surface area contributed by atoms with Crippen LogP contribution in [0.2, 0.25) is 0 Å². The summed E-state index contributed by atoms with van der Waals surface area (Å²) in [5, 5.41) is 21.4. The van der Waals surface area contributed by atoms with E-state index in [1.807, 2.05) is 0 Å². The number of carboxylic acid groups (broad SMARTS) is 1. The Labute approximate surface area is 110 Å². The van der Waals surface area contributed by atoms with E-state index in [0.717, 1.165) is 10.2 Å². The molecule has 1 N–H and O–H groups in total. The van der Waals surface area contributed by atoms with Gasteiger partial charge in [-0.15, -0.1) is 28.8 Å². The van der Waals surface area contributed by atoms with Crippen LogP contribution in [-0.2, 0) is 4.79 Å². The van der Waals surface area contributed by atoms with Crippen molar-refractivity contribution in [3.63, 3.8) is 0 Å². The summed E-state index contributed by atoms with van der Waals surface area (Å²) in [5.41, 5.74) is 0.747. The summed E-state index contributed by atoms with van der Waals surface area (Å²) in [6, 6.07) is 3.99. The maximum absolute atomic E-state index is 11.2. The van der Waals surface area contributed by atoms with Crippen molar-refractivity contribution >= 4 is 44.3 Å². The third-order valence-corrected chi connectivity index (χ3v) is 4.69. The van der Waals surface area contributed by atoms with E-state index in [2.05, 4.69) is 9.98 Å². The molecule has 1 aromatic carbocycles. The van der Waals surface area contributed by atoms with Crippen LogP contribution in [0.25, 0.3) is 10.2 Å². The van der Waals surface area contributed by atoms with Gasteiger partial charge in [-0.05, 0) is 6.07 Å². The van der Waals surface area contributed by atoms with Gasteiger partial charge in [-0.2, -0.15) is 0 Å². The van der Waals surface area contributed by atoms with Crippen LogP contribution in [0.4, 0.5) is 0 Å². The van der Waals surface area contributed by atoms with E-state index in [1.54, 1.807) is 6.07 Å². The number of hydrogen-bond donors (Lipinski definition) is 1. The van der Waals surface area contributed by atoms with Gasteiger partial charge < -0.3 is 10.2 Å². The molecule has 1 atom stereocenters. The second-order valence-corrected chi connectivity index (χ2v) is 5.79. The fraction of sp³-hybridized carbons (Fsp3) is 0.182. The first-order valence-electron chi connectivity index (χ1n) is 5.15. The summed E-state index contributed by atoms with van der Waals surface area (Å²) < 4.78 is 0.805. The zero-order valence-corrected chi connectivity index (χ0v) is 10.6. The lowest BCUT2D eigenvalue weighted by Crippen LogP contribution is -2.17. The van der Waals surface area contributed by atoms with E-state index < -0.39 is 12.0 Å². The van der Waals surface area contributed by atoms with Crippen LogP contribution in [0, 0.1) is 0 Å². The molecule has 0 bridgehead atoms. The molecule has 18 heavy (non-hydrogen) atoms. The number of carboxylic acids is 1. The van der Waals surface area contributed by atoms with E-state index in [0.29, 0.717) is 15.8 Å². The number of thioether (sulfide) groups is 1. The Morgan fingerprint density at radius 2 is 2.33 bits per heavy atom. The van der Waals surface area contributed by atoms with Crippen molar-refractivity contribution in [3.05, 3.63) is 23.2 Å². The third kappa shape index (κ3) is 1.95. The lowest BCUT2D eigenvalue weighted by Gasteiger charge is -2.00. The highest BCUT2D eigenvalue weighted by Gasteiger charge is 2.26. The number of aliphatic carboxylic acids is 1. The Hall–Kier alpha value is -1.60. The number of fused-ring (bicyclic) bond motifs is 1. The van der Waals surface area contributed by atoms with Crippen LogP contribution >= 0.6 is 23.1 Å². The number of aliphatic imine (C=N–C) groups is 1. The van der Waals surface area contributed by atoms with E-state index >= 15 is 0 Å². The SMILES string of the molecule is O=C(O)C1CSC(c2nc3ccc([O-])cc3s2)=N1. The van der Waals surface area contributed by atoms with E-state index in [1.165, 1.54) is 35.2 Å². The number of rotatable bonds is 2. The molecule has 5 nitrogen and oxygen atoms in total. The summed E-state index contributed by atoms with van der Waals surface area (Å²) in [7, 11) is 0. The number of nitrogens with zero attached hydrogens (tertiary/aromatic N) is 2. The normalized spacial score (nSPS) is 19.1. The molecule has 0 aliphatic carbocycles. The molecular weight excluding hydrogens is 272 g/mol. The molecule has 1 unspecified atom stereocenters. The van der Waals surface area contributed by atoms with Gasteiger partial charge in [-0.3, -0.25) is 4.99 Å². The first-order chi connectivity index (χ1) is 8.63. The van der Waals surface area contributed by atoms with Gasteiger partial charge in [0.2, 0.25) is 0 Å². The summed E-state index contributed by atoms with van der Waals surface area (Å²) in [6.07, 6.45) is 0. The molecule has 0 spiro atoms. The molecule has 0 fully saturated rings. The maximum atomic E-state index is 11.2. The third-order valence-electron chi connectivity index (χ3n) is 2.48. The van der Waals surface area contributed by atoms with Crippen molar-refractivity contribution in [1.29, 1.82) is 0 Å². The molecule has 1 aliphatic heterocycles. The minimum atomic E-state index is -0.916. The zero-order chi connectivity index (χ0) is 12.7. The largest absolute Gasteiger partial charge is 0.872 e. The van der Waals surface area contributed by atoms with Gasteiger partial charge >= 0.3 is 5.97 Å². The fourth-order valence-electron chi connectivity index (χ4n) is 1.61. The minimum absolute atomic E-state index is 0.0536. The molecule has 0 saturated carbocycles. The maximum Gasteiger partial charge on any atom is 0.329 e. The lowest BCUT2D eigenvalue weighted by molar-refractivity contribution is -0.268. The molecule has 1 aliphatic rings. The first kappa shape index (κ1) is 11.5. The van der Waals surface area contributed by atoms with Crippen molar-refractivity contribution < 1.29 is 15.0 Å². The number of thiazole rings is 1. The summed E-state index contributed by atoms with van der Waals surface area (Å²) in [5.74, 6) is -0.532. The van der Waals surface area contributed by atoms with Crippen molar-refractivity contribution in [3.8, 4) is 5.75 Å². The highest BCUT2D eigenvalue weighted by Crippen LogP contribution is 2.30. The molecule has 0 amide bonds. The lowest BCUT2D eigenvalue weighted by atomic mass is 10.3. The Morgan fingerprint density at radius 1 is 1.50 bits per heavy atom. The van der Waals surface area contributed by atoms with Crippen molar-refractivity contribution in [2.24, 2.45) is 4.99 Å². The number of hydrogen-bond acceptors (Lipinski definition) is 6. The highest BCUT2D eigenvalue weighted by molar-refractivity contribution is 8.15. The van der Waals surface area contributed by atoms with E-state index in [9.17, 15) is 9.90 Å². The molecule has 2 aromatic rings. The predicted octanol–water partition coefficient (Wildman–Crippen LogP) is 1.32. The van der Waals surface area contributed by atoms with Gasteiger partial charge in [0.1, 0.15) is 10.1 Å². The van der Waals surface area contributed by atoms with Crippen LogP contribution in [0.1, 0.15) is 5.01 Å². The number of benzene rings is 1. The molecule has 92 valence electrons. The Kier molecular flexibility index (Phi) is 2.71. The summed E-state index contributed by atoms with van der Waals surface area (Å²) >= 11 is 2.76. The number of carbonyl (C=O) groups is 1. The zero-order valence-electron chi connectivity index (χ0n) is 8.99. The summed E-state index contributed by atoms with van der Waals surface area (Å²) in [6.45, 7) is 0. The quantitative estimate of drug-likeness (QED) is 0.896. The second kappa shape index (κ2) is 4.25. The van der Waals surface area contributed by atoms with Crippen molar-refractivity contribution in [2.45, 2.75) is 6.04 Å². The molecule has 3 rings (SSSR count). The van der Waals surface area contributed by atoms with Gasteiger partial charge in [0.25, 0.3) is 0 Å². The van der Waals surface area contributed by atoms with Gasteiger partial charge in [-0.25, -0.2) is 9.78 Å².